The Labute approximate surface area is 125 Å². The minimum Gasteiger partial charge on any atom is -0.372 e. The van der Waals surface area contributed by atoms with E-state index in [1.54, 1.807) is 23.6 Å². The van der Waals surface area contributed by atoms with Crippen LogP contribution in [0.15, 0.2) is 23.1 Å². The molecular weight excluding hydrogens is 286 g/mol. The number of aromatic nitrogens is 4. The maximum atomic E-state index is 11.7. The van der Waals surface area contributed by atoms with Crippen LogP contribution in [-0.2, 0) is 6.54 Å². The van der Waals surface area contributed by atoms with Crippen molar-refractivity contribution in [1.82, 2.24) is 19.7 Å². The summed E-state index contributed by atoms with van der Waals surface area (Å²) in [5, 5.41) is 8.20. The summed E-state index contributed by atoms with van der Waals surface area (Å²) in [6.07, 6.45) is 1.58. The van der Waals surface area contributed by atoms with Crippen LogP contribution in [0.5, 0.6) is 0 Å². The number of nitrogens with one attached hydrogen (secondary N) is 1. The molecule has 0 aromatic carbocycles. The Kier molecular flexibility index (Phi) is 3.42. The zero-order valence-electron chi connectivity index (χ0n) is 12.0. The number of thiophene rings is 1. The van der Waals surface area contributed by atoms with E-state index in [4.69, 9.17) is 0 Å². The van der Waals surface area contributed by atoms with Crippen molar-refractivity contribution in [2.45, 2.75) is 20.4 Å². The van der Waals surface area contributed by atoms with E-state index in [0.29, 0.717) is 5.82 Å². The van der Waals surface area contributed by atoms with Gasteiger partial charge in [0.1, 0.15) is 17.2 Å². The Balaban J connectivity index is 2.12. The Bertz CT molecular complexity index is 867. The van der Waals surface area contributed by atoms with Crippen LogP contribution in [-0.4, -0.2) is 26.8 Å². The van der Waals surface area contributed by atoms with Crippen LogP contribution >= 0.6 is 11.3 Å². The van der Waals surface area contributed by atoms with E-state index in [1.165, 1.54) is 21.2 Å². The summed E-state index contributed by atoms with van der Waals surface area (Å²) in [5.74, 6) is 1.37. The first kappa shape index (κ1) is 13.7. The van der Waals surface area contributed by atoms with Gasteiger partial charge in [-0.3, -0.25) is 4.79 Å². The lowest BCUT2D eigenvalue weighted by atomic mass is 10.2. The monoisotopic (exact) mass is 301 g/mol. The van der Waals surface area contributed by atoms with Crippen LogP contribution in [0.3, 0.4) is 0 Å². The van der Waals surface area contributed by atoms with Gasteiger partial charge in [0.2, 0.25) is 0 Å². The molecule has 6 nitrogen and oxygen atoms in total. The minimum absolute atomic E-state index is 0.161. The Morgan fingerprint density at radius 1 is 1.33 bits per heavy atom. The van der Waals surface area contributed by atoms with Gasteiger partial charge in [0.25, 0.3) is 5.56 Å². The van der Waals surface area contributed by atoms with Crippen molar-refractivity contribution in [3.8, 4) is 0 Å². The van der Waals surface area contributed by atoms with E-state index >= 15 is 0 Å². The summed E-state index contributed by atoms with van der Waals surface area (Å²) in [7, 11) is 1.84. The molecule has 3 rings (SSSR count). The molecule has 1 N–H and O–H groups in total. The maximum Gasteiger partial charge on any atom is 0.267 e. The van der Waals surface area contributed by atoms with E-state index in [2.05, 4.69) is 34.2 Å². The molecule has 0 spiro atoms. The highest BCUT2D eigenvalue weighted by molar-refractivity contribution is 7.18. The lowest BCUT2D eigenvalue weighted by Crippen LogP contribution is -2.22. The standard InChI is InChI=1S/C14H15N5OS/c1-8-9(2)21-14-12(8)13(15-3)17-10(18-14)7-19-11(20)5-4-6-16-19/h4-6H,7H2,1-3H3,(H,15,17,18). The predicted octanol–water partition coefficient (Wildman–Crippen LogP) is 1.95. The van der Waals surface area contributed by atoms with Crippen LogP contribution < -0.4 is 10.9 Å². The predicted molar refractivity (Wildman–Crippen MR) is 84.0 cm³/mol. The van der Waals surface area contributed by atoms with E-state index in [0.717, 1.165) is 16.0 Å². The molecule has 3 aromatic rings. The molecule has 0 atom stereocenters. The molecule has 0 unspecified atom stereocenters. The number of nitrogens with zero attached hydrogens (tertiary/aromatic N) is 4. The summed E-state index contributed by atoms with van der Waals surface area (Å²) < 4.78 is 1.36. The summed E-state index contributed by atoms with van der Waals surface area (Å²) in [6, 6.07) is 3.10. The molecular formula is C14H15N5OS. The van der Waals surface area contributed by atoms with Crippen molar-refractivity contribution >= 4 is 27.4 Å². The zero-order valence-corrected chi connectivity index (χ0v) is 12.9. The molecule has 0 saturated heterocycles. The topological polar surface area (TPSA) is 72.7 Å². The van der Waals surface area contributed by atoms with E-state index in [-0.39, 0.29) is 12.1 Å². The first-order valence-corrected chi connectivity index (χ1v) is 7.38. The molecule has 0 radical (unpaired) electrons. The van der Waals surface area contributed by atoms with Gasteiger partial charge in [-0.2, -0.15) is 5.10 Å². The molecule has 7 heteroatoms. The van der Waals surface area contributed by atoms with Gasteiger partial charge in [-0.25, -0.2) is 14.6 Å². The maximum absolute atomic E-state index is 11.7. The Hall–Kier alpha value is -2.28. The summed E-state index contributed by atoms with van der Waals surface area (Å²) in [5.41, 5.74) is 1.03. The van der Waals surface area contributed by atoms with E-state index < -0.39 is 0 Å². The lowest BCUT2D eigenvalue weighted by Gasteiger charge is -2.07. The quantitative estimate of drug-likeness (QED) is 0.800. The number of rotatable bonds is 3. The third-order valence-corrected chi connectivity index (χ3v) is 4.49. The molecule has 0 aliphatic carbocycles. The van der Waals surface area contributed by atoms with Crippen molar-refractivity contribution in [2.75, 3.05) is 12.4 Å². The highest BCUT2D eigenvalue weighted by atomic mass is 32.1. The second-order valence-corrected chi connectivity index (χ2v) is 5.92. The van der Waals surface area contributed by atoms with Crippen LogP contribution in [0, 0.1) is 13.8 Å². The first-order valence-electron chi connectivity index (χ1n) is 6.56. The fourth-order valence-corrected chi connectivity index (χ4v) is 3.23. The van der Waals surface area contributed by atoms with Gasteiger partial charge in [0.15, 0.2) is 5.82 Å². The number of anilines is 1. The SMILES string of the molecule is CNc1nc(Cn2ncccc2=O)nc2sc(C)c(C)c12. The van der Waals surface area contributed by atoms with Gasteiger partial charge < -0.3 is 5.32 Å². The Morgan fingerprint density at radius 2 is 2.14 bits per heavy atom. The zero-order chi connectivity index (χ0) is 15.0. The first-order chi connectivity index (χ1) is 10.1. The Morgan fingerprint density at radius 3 is 2.86 bits per heavy atom. The molecule has 0 amide bonds. The van der Waals surface area contributed by atoms with Crippen LogP contribution in [0.2, 0.25) is 0 Å². The molecule has 0 fully saturated rings. The van der Waals surface area contributed by atoms with Crippen molar-refractivity contribution in [3.63, 3.8) is 0 Å². The summed E-state index contributed by atoms with van der Waals surface area (Å²) in [4.78, 5) is 23.0. The molecule has 0 aliphatic heterocycles. The van der Waals surface area contributed by atoms with E-state index in [1.807, 2.05) is 7.05 Å². The van der Waals surface area contributed by atoms with Gasteiger partial charge >= 0.3 is 0 Å². The van der Waals surface area contributed by atoms with Gasteiger partial charge in [0, 0.05) is 24.2 Å². The third-order valence-electron chi connectivity index (χ3n) is 3.39. The molecule has 3 heterocycles. The fourth-order valence-electron chi connectivity index (χ4n) is 2.19. The molecule has 108 valence electrons. The van der Waals surface area contributed by atoms with Crippen LogP contribution in [0.1, 0.15) is 16.3 Å². The van der Waals surface area contributed by atoms with Crippen molar-refractivity contribution in [3.05, 3.63) is 44.9 Å². The van der Waals surface area contributed by atoms with Crippen LogP contribution in [0.4, 0.5) is 5.82 Å². The number of hydrogen-bond donors (Lipinski definition) is 1. The molecule has 21 heavy (non-hydrogen) atoms. The van der Waals surface area contributed by atoms with Gasteiger partial charge in [-0.15, -0.1) is 11.3 Å². The van der Waals surface area contributed by atoms with E-state index in [9.17, 15) is 4.79 Å². The fraction of sp³-hybridized carbons (Fsp3) is 0.286. The highest BCUT2D eigenvalue weighted by Gasteiger charge is 2.14. The second-order valence-electron chi connectivity index (χ2n) is 4.72. The summed E-state index contributed by atoms with van der Waals surface area (Å²) in [6.45, 7) is 4.41. The average Bonchev–Trinajstić information content (AvgIpc) is 2.76. The molecule has 0 aliphatic rings. The number of hydrogen-bond acceptors (Lipinski definition) is 6. The molecule has 0 bridgehead atoms. The smallest absolute Gasteiger partial charge is 0.267 e. The van der Waals surface area contributed by atoms with Gasteiger partial charge in [-0.1, -0.05) is 0 Å². The van der Waals surface area contributed by atoms with Crippen molar-refractivity contribution < 1.29 is 0 Å². The second kappa shape index (κ2) is 5.25. The molecule has 3 aromatic heterocycles. The largest absolute Gasteiger partial charge is 0.372 e. The van der Waals surface area contributed by atoms with Crippen LogP contribution in [0.25, 0.3) is 10.2 Å². The number of fused-ring (bicyclic) bond motifs is 1. The minimum atomic E-state index is -0.161. The molecule has 0 saturated carbocycles. The lowest BCUT2D eigenvalue weighted by molar-refractivity contribution is 0.617. The van der Waals surface area contributed by atoms with Gasteiger partial charge in [-0.05, 0) is 25.5 Å². The van der Waals surface area contributed by atoms with Crippen molar-refractivity contribution in [2.24, 2.45) is 0 Å². The highest BCUT2D eigenvalue weighted by Crippen LogP contribution is 2.32. The number of aryl methyl sites for hydroxylation is 2. The van der Waals surface area contributed by atoms with Gasteiger partial charge in [0.05, 0.1) is 5.39 Å². The summed E-state index contributed by atoms with van der Waals surface area (Å²) >= 11 is 1.64. The van der Waals surface area contributed by atoms with Crippen molar-refractivity contribution in [1.29, 1.82) is 0 Å². The normalized spacial score (nSPS) is 11.0. The average molecular weight is 301 g/mol. The third kappa shape index (κ3) is 2.40.